The van der Waals surface area contributed by atoms with E-state index in [0.717, 1.165) is 24.3 Å². The predicted octanol–water partition coefficient (Wildman–Crippen LogP) is 5.94. The minimum absolute atomic E-state index is 0.0332. The predicted molar refractivity (Wildman–Crippen MR) is 104 cm³/mol. The average molecular weight is 332 g/mol. The molecule has 1 aliphatic carbocycles. The SMILES string of the molecule is CCC1(CC)c2cc3ccccc3cc2-c2c(OC)ccc(OC)c21. The van der Waals surface area contributed by atoms with Crippen molar-refractivity contribution >= 4 is 10.8 Å². The minimum atomic E-state index is -0.0332. The zero-order valence-corrected chi connectivity index (χ0v) is 15.3. The molecular weight excluding hydrogens is 308 g/mol. The highest BCUT2D eigenvalue weighted by molar-refractivity contribution is 5.96. The van der Waals surface area contributed by atoms with Gasteiger partial charge in [0.05, 0.1) is 14.2 Å². The molecular formula is C23H24O2. The normalized spacial score (nSPS) is 14.2. The van der Waals surface area contributed by atoms with Crippen LogP contribution in [-0.4, -0.2) is 14.2 Å². The first kappa shape index (κ1) is 16.0. The average Bonchev–Trinajstić information content (AvgIpc) is 2.96. The Bertz CT molecular complexity index is 952. The van der Waals surface area contributed by atoms with E-state index < -0.39 is 0 Å². The Balaban J connectivity index is 2.18. The lowest BCUT2D eigenvalue weighted by Gasteiger charge is -2.31. The highest BCUT2D eigenvalue weighted by Crippen LogP contribution is 2.59. The van der Waals surface area contributed by atoms with Crippen molar-refractivity contribution in [1.29, 1.82) is 0 Å². The molecule has 0 amide bonds. The lowest BCUT2D eigenvalue weighted by molar-refractivity contribution is 0.383. The molecule has 4 rings (SSSR count). The van der Waals surface area contributed by atoms with E-state index in [0.29, 0.717) is 0 Å². The van der Waals surface area contributed by atoms with Crippen LogP contribution in [0.3, 0.4) is 0 Å². The highest BCUT2D eigenvalue weighted by atomic mass is 16.5. The van der Waals surface area contributed by atoms with Gasteiger partial charge in [-0.15, -0.1) is 0 Å². The molecule has 0 atom stereocenters. The fraction of sp³-hybridized carbons (Fsp3) is 0.304. The molecule has 0 saturated carbocycles. The topological polar surface area (TPSA) is 18.5 Å². The zero-order chi connectivity index (χ0) is 17.6. The molecule has 0 aliphatic heterocycles. The Morgan fingerprint density at radius 2 is 1.40 bits per heavy atom. The van der Waals surface area contributed by atoms with E-state index >= 15 is 0 Å². The number of methoxy groups -OCH3 is 2. The molecule has 0 fully saturated rings. The van der Waals surface area contributed by atoms with Gasteiger partial charge in [-0.25, -0.2) is 0 Å². The molecule has 3 aromatic rings. The summed E-state index contributed by atoms with van der Waals surface area (Å²) in [5.74, 6) is 1.89. The van der Waals surface area contributed by atoms with Crippen LogP contribution in [-0.2, 0) is 5.41 Å². The number of hydrogen-bond acceptors (Lipinski definition) is 2. The summed E-state index contributed by atoms with van der Waals surface area (Å²) in [7, 11) is 3.51. The van der Waals surface area contributed by atoms with Gasteiger partial charge in [-0.2, -0.15) is 0 Å². The largest absolute Gasteiger partial charge is 0.496 e. The molecule has 25 heavy (non-hydrogen) atoms. The smallest absolute Gasteiger partial charge is 0.127 e. The van der Waals surface area contributed by atoms with Gasteiger partial charge < -0.3 is 9.47 Å². The van der Waals surface area contributed by atoms with Crippen molar-refractivity contribution < 1.29 is 9.47 Å². The van der Waals surface area contributed by atoms with Gasteiger partial charge in [0.15, 0.2) is 0 Å². The Kier molecular flexibility index (Phi) is 3.72. The molecule has 0 spiro atoms. The first-order chi connectivity index (χ1) is 12.2. The summed E-state index contributed by atoms with van der Waals surface area (Å²) in [6.07, 6.45) is 2.07. The lowest BCUT2D eigenvalue weighted by atomic mass is 9.73. The molecule has 0 heterocycles. The van der Waals surface area contributed by atoms with Gasteiger partial charge in [-0.1, -0.05) is 38.1 Å². The summed E-state index contributed by atoms with van der Waals surface area (Å²) in [5.41, 5.74) is 5.13. The third-order valence-corrected chi connectivity index (χ3v) is 5.93. The van der Waals surface area contributed by atoms with Crippen LogP contribution in [0.4, 0.5) is 0 Å². The number of rotatable bonds is 4. The van der Waals surface area contributed by atoms with Crippen LogP contribution in [0.1, 0.15) is 37.8 Å². The van der Waals surface area contributed by atoms with Crippen molar-refractivity contribution in [1.82, 2.24) is 0 Å². The van der Waals surface area contributed by atoms with Crippen molar-refractivity contribution in [3.63, 3.8) is 0 Å². The highest BCUT2D eigenvalue weighted by Gasteiger charge is 2.44. The second kappa shape index (κ2) is 5.80. The molecule has 128 valence electrons. The summed E-state index contributed by atoms with van der Waals surface area (Å²) < 4.78 is 11.5. The first-order valence-electron chi connectivity index (χ1n) is 8.99. The van der Waals surface area contributed by atoms with Crippen molar-refractivity contribution in [2.45, 2.75) is 32.1 Å². The van der Waals surface area contributed by atoms with Gasteiger partial charge in [0.1, 0.15) is 11.5 Å². The molecule has 0 unspecified atom stereocenters. The van der Waals surface area contributed by atoms with Gasteiger partial charge >= 0.3 is 0 Å². The second-order valence-electron chi connectivity index (χ2n) is 6.75. The fourth-order valence-corrected chi connectivity index (χ4v) is 4.61. The van der Waals surface area contributed by atoms with Crippen LogP contribution in [0.15, 0.2) is 48.5 Å². The van der Waals surface area contributed by atoms with E-state index in [4.69, 9.17) is 9.47 Å². The van der Waals surface area contributed by atoms with E-state index in [9.17, 15) is 0 Å². The van der Waals surface area contributed by atoms with E-state index in [1.165, 1.54) is 33.0 Å². The molecule has 2 nitrogen and oxygen atoms in total. The van der Waals surface area contributed by atoms with Crippen LogP contribution >= 0.6 is 0 Å². The monoisotopic (exact) mass is 332 g/mol. The first-order valence-corrected chi connectivity index (χ1v) is 8.99. The number of benzene rings is 3. The maximum Gasteiger partial charge on any atom is 0.127 e. The molecule has 0 saturated heterocycles. The molecule has 0 N–H and O–H groups in total. The van der Waals surface area contributed by atoms with E-state index in [1.54, 1.807) is 14.2 Å². The summed E-state index contributed by atoms with van der Waals surface area (Å²) in [5, 5.41) is 2.55. The molecule has 0 radical (unpaired) electrons. The third kappa shape index (κ3) is 2.03. The molecule has 0 aromatic heterocycles. The van der Waals surface area contributed by atoms with Gasteiger partial charge in [0, 0.05) is 16.5 Å². The van der Waals surface area contributed by atoms with E-state index in [2.05, 4.69) is 50.2 Å². The summed E-state index contributed by atoms with van der Waals surface area (Å²) in [6, 6.07) is 17.3. The summed E-state index contributed by atoms with van der Waals surface area (Å²) >= 11 is 0. The van der Waals surface area contributed by atoms with Gasteiger partial charge in [-0.3, -0.25) is 0 Å². The zero-order valence-electron chi connectivity index (χ0n) is 15.3. The Morgan fingerprint density at radius 3 is 2.00 bits per heavy atom. The van der Waals surface area contributed by atoms with Gasteiger partial charge in [-0.05, 0) is 59.0 Å². The Hall–Kier alpha value is -2.48. The molecule has 1 aliphatic rings. The molecule has 3 aromatic carbocycles. The quantitative estimate of drug-likeness (QED) is 0.588. The molecule has 2 heteroatoms. The lowest BCUT2D eigenvalue weighted by Crippen LogP contribution is -2.23. The van der Waals surface area contributed by atoms with Crippen molar-refractivity contribution in [3.8, 4) is 22.6 Å². The number of hydrogen-bond donors (Lipinski definition) is 0. The Morgan fingerprint density at radius 1 is 0.800 bits per heavy atom. The van der Waals surface area contributed by atoms with Crippen molar-refractivity contribution in [3.05, 3.63) is 59.7 Å². The van der Waals surface area contributed by atoms with Crippen molar-refractivity contribution in [2.75, 3.05) is 14.2 Å². The van der Waals surface area contributed by atoms with Crippen LogP contribution in [0.5, 0.6) is 11.5 Å². The number of fused-ring (bicyclic) bond motifs is 4. The van der Waals surface area contributed by atoms with Crippen LogP contribution in [0.2, 0.25) is 0 Å². The van der Waals surface area contributed by atoms with E-state index in [1.807, 2.05) is 12.1 Å². The minimum Gasteiger partial charge on any atom is -0.496 e. The Labute approximate surface area is 149 Å². The maximum absolute atomic E-state index is 5.79. The summed E-state index contributed by atoms with van der Waals surface area (Å²) in [6.45, 7) is 4.55. The maximum atomic E-state index is 5.79. The van der Waals surface area contributed by atoms with Crippen LogP contribution < -0.4 is 9.47 Å². The standard InChI is InChI=1S/C23H24O2/c1-5-23(6-2)18-14-16-10-8-7-9-15(16)13-17(18)21-19(24-3)11-12-20(25-4)22(21)23/h7-14H,5-6H2,1-4H3. The third-order valence-electron chi connectivity index (χ3n) is 5.93. The summed E-state index contributed by atoms with van der Waals surface area (Å²) in [4.78, 5) is 0. The molecule has 0 bridgehead atoms. The number of ether oxygens (including phenoxy) is 2. The van der Waals surface area contributed by atoms with Gasteiger partial charge in [0.2, 0.25) is 0 Å². The van der Waals surface area contributed by atoms with Gasteiger partial charge in [0.25, 0.3) is 0 Å². The van der Waals surface area contributed by atoms with Crippen LogP contribution in [0, 0.1) is 0 Å². The van der Waals surface area contributed by atoms with E-state index in [-0.39, 0.29) is 5.41 Å². The van der Waals surface area contributed by atoms with Crippen LogP contribution in [0.25, 0.3) is 21.9 Å². The fourth-order valence-electron chi connectivity index (χ4n) is 4.61. The van der Waals surface area contributed by atoms with Crippen molar-refractivity contribution in [2.24, 2.45) is 0 Å². The second-order valence-corrected chi connectivity index (χ2v) is 6.75.